The van der Waals surface area contributed by atoms with E-state index in [9.17, 15) is 4.39 Å². The van der Waals surface area contributed by atoms with Crippen molar-refractivity contribution >= 4 is 11.6 Å². The van der Waals surface area contributed by atoms with Gasteiger partial charge < -0.3 is 10.5 Å². The molecule has 1 aromatic heterocycles. The molecule has 102 valence electrons. The average Bonchev–Trinajstić information content (AvgIpc) is 2.78. The fourth-order valence-electron chi connectivity index (χ4n) is 1.97. The maximum atomic E-state index is 13.7. The monoisotopic (exact) mass is 283 g/mol. The van der Waals surface area contributed by atoms with Crippen molar-refractivity contribution in [2.75, 3.05) is 7.11 Å². The Morgan fingerprint density at radius 3 is 2.84 bits per heavy atom. The van der Waals surface area contributed by atoms with E-state index in [0.717, 1.165) is 0 Å². The highest BCUT2D eigenvalue weighted by Crippen LogP contribution is 2.28. The highest BCUT2D eigenvalue weighted by atomic mass is 35.5. The fourth-order valence-corrected chi connectivity index (χ4v) is 2.23. The molecule has 6 heteroatoms. The van der Waals surface area contributed by atoms with E-state index < -0.39 is 11.9 Å². The van der Waals surface area contributed by atoms with Gasteiger partial charge in [0.2, 0.25) is 0 Å². The van der Waals surface area contributed by atoms with Crippen LogP contribution in [0.15, 0.2) is 24.4 Å². The van der Waals surface area contributed by atoms with Crippen LogP contribution in [0.4, 0.5) is 4.39 Å². The van der Waals surface area contributed by atoms with Gasteiger partial charge in [-0.15, -0.1) is 0 Å². The molecule has 1 atom stereocenters. The first-order chi connectivity index (χ1) is 9.08. The maximum Gasteiger partial charge on any atom is 0.165 e. The number of aromatic nitrogens is 2. The van der Waals surface area contributed by atoms with E-state index >= 15 is 0 Å². The van der Waals surface area contributed by atoms with Crippen molar-refractivity contribution in [3.63, 3.8) is 0 Å². The molecule has 0 saturated carbocycles. The average molecular weight is 284 g/mol. The minimum atomic E-state index is -0.532. The van der Waals surface area contributed by atoms with E-state index in [2.05, 4.69) is 5.10 Å². The third-order valence-electron chi connectivity index (χ3n) is 2.96. The minimum Gasteiger partial charge on any atom is -0.494 e. The molecule has 0 saturated heterocycles. The molecule has 0 aliphatic heterocycles. The van der Waals surface area contributed by atoms with E-state index in [0.29, 0.717) is 22.8 Å². The second kappa shape index (κ2) is 5.59. The van der Waals surface area contributed by atoms with E-state index in [1.54, 1.807) is 23.0 Å². The number of nitrogens with two attached hydrogens (primary N) is 1. The Bertz CT molecular complexity index is 585. The minimum absolute atomic E-state index is 0.186. The normalized spacial score (nSPS) is 12.5. The summed E-state index contributed by atoms with van der Waals surface area (Å²) >= 11 is 6.09. The van der Waals surface area contributed by atoms with Gasteiger partial charge in [-0.3, -0.25) is 4.68 Å². The van der Waals surface area contributed by atoms with Crippen molar-refractivity contribution in [3.8, 4) is 5.75 Å². The number of ether oxygens (including phenoxy) is 1. The molecule has 0 spiro atoms. The van der Waals surface area contributed by atoms with Gasteiger partial charge in [0.25, 0.3) is 0 Å². The van der Waals surface area contributed by atoms with Gasteiger partial charge in [0.1, 0.15) is 0 Å². The molecule has 0 radical (unpaired) electrons. The van der Waals surface area contributed by atoms with Crippen molar-refractivity contribution in [3.05, 3.63) is 46.5 Å². The van der Waals surface area contributed by atoms with Crippen molar-refractivity contribution in [1.29, 1.82) is 0 Å². The van der Waals surface area contributed by atoms with Gasteiger partial charge in [0.05, 0.1) is 30.1 Å². The molecule has 0 aliphatic rings. The van der Waals surface area contributed by atoms with Crippen LogP contribution in [0, 0.1) is 5.82 Å². The molecule has 0 bridgehead atoms. The van der Waals surface area contributed by atoms with Crippen molar-refractivity contribution in [2.45, 2.75) is 19.5 Å². The lowest BCUT2D eigenvalue weighted by Gasteiger charge is -2.15. The molecule has 1 heterocycles. The summed E-state index contributed by atoms with van der Waals surface area (Å²) in [6.45, 7) is 2.59. The number of hydrogen-bond acceptors (Lipinski definition) is 3. The Kier molecular flexibility index (Phi) is 4.07. The Balaban J connectivity index is 2.41. The smallest absolute Gasteiger partial charge is 0.165 e. The predicted molar refractivity (Wildman–Crippen MR) is 71.9 cm³/mol. The van der Waals surface area contributed by atoms with E-state index in [1.165, 1.54) is 13.2 Å². The lowest BCUT2D eigenvalue weighted by atomic mass is 10.0. The van der Waals surface area contributed by atoms with Gasteiger partial charge in [-0.2, -0.15) is 5.10 Å². The van der Waals surface area contributed by atoms with Gasteiger partial charge in [-0.25, -0.2) is 4.39 Å². The van der Waals surface area contributed by atoms with Crippen LogP contribution in [0.5, 0.6) is 5.75 Å². The standard InChI is InChI=1S/C13H15ClFN3O/c1-3-18-13(9(14)7-17-18)12(16)8-4-5-11(19-2)10(15)6-8/h4-7,12H,3,16H2,1-2H3. The fraction of sp³-hybridized carbons (Fsp3) is 0.308. The summed E-state index contributed by atoms with van der Waals surface area (Å²) in [5.74, 6) is -0.264. The highest BCUT2D eigenvalue weighted by Gasteiger charge is 2.19. The number of halogens is 2. The third-order valence-corrected chi connectivity index (χ3v) is 3.25. The van der Waals surface area contributed by atoms with Crippen LogP contribution >= 0.6 is 11.6 Å². The van der Waals surface area contributed by atoms with E-state index in [-0.39, 0.29) is 5.75 Å². The molecule has 0 aliphatic carbocycles. The molecule has 4 nitrogen and oxygen atoms in total. The number of nitrogens with zero attached hydrogens (tertiary/aromatic N) is 2. The number of benzene rings is 1. The summed E-state index contributed by atoms with van der Waals surface area (Å²) in [5, 5.41) is 4.60. The molecule has 2 N–H and O–H groups in total. The summed E-state index contributed by atoms with van der Waals surface area (Å²) in [7, 11) is 1.42. The van der Waals surface area contributed by atoms with Crippen LogP contribution in [0.2, 0.25) is 5.02 Å². The molecule has 1 aromatic carbocycles. The summed E-state index contributed by atoms with van der Waals surface area (Å²) < 4.78 is 20.3. The van der Waals surface area contributed by atoms with Gasteiger partial charge >= 0.3 is 0 Å². The molecule has 1 unspecified atom stereocenters. The Hall–Kier alpha value is -1.59. The topological polar surface area (TPSA) is 53.1 Å². The number of aryl methyl sites for hydroxylation is 1. The van der Waals surface area contributed by atoms with Gasteiger partial charge in [-0.1, -0.05) is 17.7 Å². The third kappa shape index (κ3) is 2.57. The first-order valence-electron chi connectivity index (χ1n) is 5.88. The van der Waals surface area contributed by atoms with Gasteiger partial charge in [0, 0.05) is 6.54 Å². The summed E-state index contributed by atoms with van der Waals surface area (Å²) in [6.07, 6.45) is 1.54. The molecule has 19 heavy (non-hydrogen) atoms. The van der Waals surface area contributed by atoms with Crippen molar-refractivity contribution in [2.24, 2.45) is 5.73 Å². The van der Waals surface area contributed by atoms with Crippen LogP contribution in [-0.2, 0) is 6.54 Å². The second-order valence-electron chi connectivity index (χ2n) is 4.07. The highest BCUT2D eigenvalue weighted by molar-refractivity contribution is 6.31. The Morgan fingerprint density at radius 2 is 2.26 bits per heavy atom. The van der Waals surface area contributed by atoms with Crippen LogP contribution in [0.25, 0.3) is 0 Å². The quantitative estimate of drug-likeness (QED) is 0.939. The van der Waals surface area contributed by atoms with Gasteiger partial charge in [-0.05, 0) is 24.6 Å². The lowest BCUT2D eigenvalue weighted by Crippen LogP contribution is -2.17. The van der Waals surface area contributed by atoms with Crippen molar-refractivity contribution in [1.82, 2.24) is 9.78 Å². The molecule has 0 amide bonds. The van der Waals surface area contributed by atoms with E-state index in [1.807, 2.05) is 6.92 Å². The van der Waals surface area contributed by atoms with Crippen LogP contribution in [0.3, 0.4) is 0 Å². The molecule has 0 fully saturated rings. The van der Waals surface area contributed by atoms with Crippen LogP contribution in [-0.4, -0.2) is 16.9 Å². The lowest BCUT2D eigenvalue weighted by molar-refractivity contribution is 0.386. The maximum absolute atomic E-state index is 13.7. The first kappa shape index (κ1) is 13.8. The Morgan fingerprint density at radius 1 is 1.53 bits per heavy atom. The molecular formula is C13H15ClFN3O. The SMILES string of the molecule is CCn1ncc(Cl)c1C(N)c1ccc(OC)c(F)c1. The zero-order valence-electron chi connectivity index (χ0n) is 10.7. The zero-order valence-corrected chi connectivity index (χ0v) is 11.5. The first-order valence-corrected chi connectivity index (χ1v) is 6.26. The summed E-state index contributed by atoms with van der Waals surface area (Å²) in [5.41, 5.74) is 7.44. The van der Waals surface area contributed by atoms with Crippen molar-refractivity contribution < 1.29 is 9.13 Å². The number of rotatable bonds is 4. The summed E-state index contributed by atoms with van der Waals surface area (Å²) in [6, 6.07) is 4.09. The van der Waals surface area contributed by atoms with E-state index in [4.69, 9.17) is 22.1 Å². The Labute approximate surface area is 115 Å². The second-order valence-corrected chi connectivity index (χ2v) is 4.47. The van der Waals surface area contributed by atoms with Crippen LogP contribution in [0.1, 0.15) is 24.2 Å². The summed E-state index contributed by atoms with van der Waals surface area (Å²) in [4.78, 5) is 0. The zero-order chi connectivity index (χ0) is 14.0. The number of methoxy groups -OCH3 is 1. The molecular weight excluding hydrogens is 269 g/mol. The van der Waals surface area contributed by atoms with Gasteiger partial charge in [0.15, 0.2) is 11.6 Å². The molecule has 2 rings (SSSR count). The number of hydrogen-bond donors (Lipinski definition) is 1. The van der Waals surface area contributed by atoms with Crippen LogP contribution < -0.4 is 10.5 Å². The predicted octanol–water partition coefficient (Wildman–Crippen LogP) is 2.75. The molecule has 2 aromatic rings. The largest absolute Gasteiger partial charge is 0.494 e.